The molecule has 0 heterocycles. The summed E-state index contributed by atoms with van der Waals surface area (Å²) in [5.74, 6) is 0. The Labute approximate surface area is 420 Å². The lowest BCUT2D eigenvalue weighted by Crippen LogP contribution is -2.27. The molecule has 0 aliphatic heterocycles. The van der Waals surface area contributed by atoms with E-state index in [2.05, 4.69) is 198 Å². The Balaban J connectivity index is 1.58. The van der Waals surface area contributed by atoms with Gasteiger partial charge in [0.1, 0.15) is 0 Å². The lowest BCUT2D eigenvalue weighted by Gasteiger charge is -2.30. The van der Waals surface area contributed by atoms with Crippen molar-refractivity contribution in [3.05, 3.63) is 291 Å². The summed E-state index contributed by atoms with van der Waals surface area (Å²) < 4.78 is 0. The number of hydrogen-bond donors (Lipinski definition) is 0. The van der Waals surface area contributed by atoms with Crippen LogP contribution in [0, 0.1) is 0 Å². The molecule has 2 heteroatoms. The first-order valence-electron chi connectivity index (χ1n) is 24.4. The van der Waals surface area contributed by atoms with E-state index in [4.69, 9.17) is 0 Å². The van der Waals surface area contributed by atoms with Crippen molar-refractivity contribution in [2.45, 2.75) is 51.4 Å². The number of allylic oxidation sites excluding steroid dienone is 8. The highest BCUT2D eigenvalue weighted by Crippen LogP contribution is 2.47. The number of benzene rings is 8. The Morgan fingerprint density at radius 2 is 0.500 bits per heavy atom. The van der Waals surface area contributed by atoms with Crippen LogP contribution in [0.2, 0.25) is 0 Å². The minimum Gasteiger partial charge on any atom is -0.103 e. The van der Waals surface area contributed by atoms with E-state index in [9.17, 15) is 0 Å². The highest BCUT2D eigenvalue weighted by atomic mass is 31.1. The van der Waals surface area contributed by atoms with Gasteiger partial charge in [-0.15, -0.1) is 52.6 Å². The second-order valence-corrected chi connectivity index (χ2v) is 22.4. The van der Waals surface area contributed by atoms with Crippen molar-refractivity contribution in [1.82, 2.24) is 0 Å². The lowest BCUT2D eigenvalue weighted by molar-refractivity contribution is 1.21. The van der Waals surface area contributed by atoms with E-state index in [0.717, 1.165) is 51.4 Å². The van der Waals surface area contributed by atoms with E-state index < -0.39 is 15.8 Å². The molecule has 0 unspecified atom stereocenters. The quantitative estimate of drug-likeness (QED) is 0.0443. The molecule has 0 radical (unpaired) electrons. The second-order valence-electron chi connectivity index (χ2n) is 18.0. The first-order valence-corrected chi connectivity index (χ1v) is 27.0. The van der Waals surface area contributed by atoms with Crippen molar-refractivity contribution in [2.24, 2.45) is 0 Å². The third-order valence-electron chi connectivity index (χ3n) is 12.8. The van der Waals surface area contributed by atoms with Crippen molar-refractivity contribution in [3.8, 4) is 11.1 Å². The maximum atomic E-state index is 4.19. The SMILES string of the molecule is C=CCc1cc(CC=C)cc(P(c2cc(CC=C)cc(CC=C)c2)c2ccc3ccccc3c2-c2c(P(c3cc(CC=C)cc(CC=C)c3)c3cc(CC=C)cc(CC=C)c3)ccc3ccccc23)c1. The van der Waals surface area contributed by atoms with Crippen molar-refractivity contribution in [2.75, 3.05) is 0 Å². The zero-order valence-corrected chi connectivity index (χ0v) is 42.5. The Bertz CT molecular complexity index is 2820. The molecule has 0 amide bonds. The van der Waals surface area contributed by atoms with Gasteiger partial charge in [-0.05, 0) is 176 Å². The van der Waals surface area contributed by atoms with Gasteiger partial charge in [-0.1, -0.05) is 194 Å². The number of rotatable bonds is 23. The molecular weight excluding hydrogens is 879 g/mol. The van der Waals surface area contributed by atoms with Crippen molar-refractivity contribution >= 4 is 69.2 Å². The summed E-state index contributed by atoms with van der Waals surface area (Å²) in [4.78, 5) is 0. The van der Waals surface area contributed by atoms with Gasteiger partial charge in [-0.2, -0.15) is 0 Å². The third-order valence-corrected chi connectivity index (χ3v) is 17.6. The first kappa shape index (κ1) is 49.5. The van der Waals surface area contributed by atoms with Crippen LogP contribution in [0.4, 0.5) is 0 Å². The fourth-order valence-corrected chi connectivity index (χ4v) is 15.5. The summed E-state index contributed by atoms with van der Waals surface area (Å²) in [6, 6.07) is 56.5. The van der Waals surface area contributed by atoms with Gasteiger partial charge in [0.15, 0.2) is 0 Å². The molecule has 8 rings (SSSR count). The van der Waals surface area contributed by atoms with Crippen LogP contribution in [0.15, 0.2) is 247 Å². The first-order chi connectivity index (χ1) is 34.3. The molecule has 0 atom stereocenters. The molecule has 70 heavy (non-hydrogen) atoms. The van der Waals surface area contributed by atoms with Crippen LogP contribution < -0.4 is 31.8 Å². The van der Waals surface area contributed by atoms with Gasteiger partial charge < -0.3 is 0 Å². The van der Waals surface area contributed by atoms with Gasteiger partial charge in [0.2, 0.25) is 0 Å². The Morgan fingerprint density at radius 3 is 0.729 bits per heavy atom. The van der Waals surface area contributed by atoms with E-state index in [1.54, 1.807) is 0 Å². The molecule has 0 aliphatic carbocycles. The normalized spacial score (nSPS) is 11.2. The average Bonchev–Trinajstić information content (AvgIpc) is 3.35. The minimum absolute atomic E-state index is 0.777. The summed E-state index contributed by atoms with van der Waals surface area (Å²) >= 11 is 0. The Kier molecular flexibility index (Phi) is 16.7. The molecule has 8 aromatic carbocycles. The molecule has 0 aliphatic rings. The summed E-state index contributed by atoms with van der Waals surface area (Å²) in [5.41, 5.74) is 12.6. The van der Waals surface area contributed by atoms with Crippen LogP contribution in [-0.2, 0) is 51.4 Å². The molecule has 0 spiro atoms. The lowest BCUT2D eigenvalue weighted by atomic mass is 9.93. The molecule has 0 bridgehead atoms. The summed E-state index contributed by atoms with van der Waals surface area (Å²) in [6.07, 6.45) is 22.4. The summed E-state index contributed by atoms with van der Waals surface area (Å²) in [5, 5.41) is 12.8. The third kappa shape index (κ3) is 11.1. The number of fused-ring (bicyclic) bond motifs is 2. The molecule has 0 saturated carbocycles. The predicted octanol–water partition coefficient (Wildman–Crippen LogP) is 15.0. The van der Waals surface area contributed by atoms with Crippen LogP contribution in [0.1, 0.15) is 44.5 Å². The maximum Gasteiger partial charge on any atom is -0.000884 e. The molecule has 0 saturated heterocycles. The molecule has 0 N–H and O–H groups in total. The van der Waals surface area contributed by atoms with Gasteiger partial charge in [-0.25, -0.2) is 0 Å². The largest absolute Gasteiger partial charge is 0.103 e. The van der Waals surface area contributed by atoms with Gasteiger partial charge in [0.25, 0.3) is 0 Å². The molecular formula is C68H64P2. The number of hydrogen-bond acceptors (Lipinski definition) is 0. The smallest absolute Gasteiger partial charge is 0.000884 e. The molecule has 0 nitrogen and oxygen atoms in total. The summed E-state index contributed by atoms with van der Waals surface area (Å²) in [7, 11) is -2.36. The predicted molar refractivity (Wildman–Crippen MR) is 316 cm³/mol. The standard InChI is InChI=1S/C68H64P2/c1-9-21-49-37-50(22-10-2)42-59(41-49)69(60-43-51(23-11-3)38-52(44-60)24-12-4)65-35-33-57-29-17-19-31-63(57)67(65)68-64-32-20-18-30-58(64)34-36-66(68)70(61-45-53(25-13-5)39-54(46-61)26-14-6)62-47-55(27-15-7)40-56(48-62)28-16-8/h9-20,29-48H,1-8,21-28H2. The van der Waals surface area contributed by atoms with Gasteiger partial charge in [-0.3, -0.25) is 0 Å². The van der Waals surface area contributed by atoms with Crippen molar-refractivity contribution in [3.63, 3.8) is 0 Å². The second kappa shape index (κ2) is 23.6. The fourth-order valence-electron chi connectivity index (χ4n) is 10.0. The Morgan fingerprint density at radius 1 is 0.271 bits per heavy atom. The van der Waals surface area contributed by atoms with E-state index in [1.165, 1.54) is 109 Å². The zero-order chi connectivity index (χ0) is 49.0. The monoisotopic (exact) mass is 942 g/mol. The molecule has 346 valence electrons. The van der Waals surface area contributed by atoms with Gasteiger partial charge in [0, 0.05) is 0 Å². The zero-order valence-electron chi connectivity index (χ0n) is 40.7. The van der Waals surface area contributed by atoms with E-state index in [0.29, 0.717) is 0 Å². The highest BCUT2D eigenvalue weighted by molar-refractivity contribution is 7.81. The van der Waals surface area contributed by atoms with Crippen LogP contribution >= 0.6 is 15.8 Å². The van der Waals surface area contributed by atoms with E-state index in [1.807, 2.05) is 48.6 Å². The van der Waals surface area contributed by atoms with Crippen LogP contribution in [0.5, 0.6) is 0 Å². The minimum atomic E-state index is -1.18. The maximum absolute atomic E-state index is 4.19. The van der Waals surface area contributed by atoms with Crippen LogP contribution in [-0.4, -0.2) is 0 Å². The van der Waals surface area contributed by atoms with Crippen molar-refractivity contribution < 1.29 is 0 Å². The van der Waals surface area contributed by atoms with Crippen LogP contribution in [0.25, 0.3) is 32.7 Å². The average molecular weight is 943 g/mol. The van der Waals surface area contributed by atoms with Gasteiger partial charge in [0.05, 0.1) is 0 Å². The summed E-state index contributed by atoms with van der Waals surface area (Å²) in [6.45, 7) is 33.5. The van der Waals surface area contributed by atoms with E-state index >= 15 is 0 Å². The molecule has 8 aromatic rings. The van der Waals surface area contributed by atoms with Gasteiger partial charge >= 0.3 is 0 Å². The Hall–Kier alpha value is -6.94. The van der Waals surface area contributed by atoms with E-state index in [-0.39, 0.29) is 0 Å². The molecule has 0 aromatic heterocycles. The fraction of sp³-hybridized carbons (Fsp3) is 0.118. The van der Waals surface area contributed by atoms with Crippen molar-refractivity contribution in [1.29, 1.82) is 0 Å². The topological polar surface area (TPSA) is 0 Å². The van der Waals surface area contributed by atoms with Crippen LogP contribution in [0.3, 0.4) is 0 Å². The molecule has 0 fully saturated rings. The highest BCUT2D eigenvalue weighted by Gasteiger charge is 2.30.